The highest BCUT2D eigenvalue weighted by Gasteiger charge is 2.16. The van der Waals surface area contributed by atoms with Gasteiger partial charge in [0.15, 0.2) is 0 Å². The fraction of sp³-hybridized carbons (Fsp3) is 0.886. The first kappa shape index (κ1) is 49.7. The molecule has 4 aliphatic heterocycles. The lowest BCUT2D eigenvalue weighted by Gasteiger charge is -2.31. The number of likely N-dealkylation sites (N-methyl/N-ethyl adjacent to an activating group) is 4. The van der Waals surface area contributed by atoms with Crippen molar-refractivity contribution in [2.75, 3.05) is 159 Å². The second kappa shape index (κ2) is 28.2. The Kier molecular flexibility index (Phi) is 29.9. The van der Waals surface area contributed by atoms with Crippen molar-refractivity contribution < 1.29 is 19.2 Å². The van der Waals surface area contributed by atoms with Gasteiger partial charge < -0.3 is 19.6 Å². The van der Waals surface area contributed by atoms with Crippen molar-refractivity contribution >= 4 is 23.1 Å². The summed E-state index contributed by atoms with van der Waals surface area (Å²) in [5, 5.41) is 0. The van der Waals surface area contributed by atoms with Crippen LogP contribution in [0.5, 0.6) is 0 Å². The van der Waals surface area contributed by atoms with Crippen LogP contribution < -0.4 is 0 Å². The molecule has 4 heterocycles. The van der Waals surface area contributed by atoms with Crippen LogP contribution in [-0.4, -0.2) is 221 Å². The summed E-state index contributed by atoms with van der Waals surface area (Å²) in [4.78, 5) is 60.9. The van der Waals surface area contributed by atoms with Crippen molar-refractivity contribution in [1.29, 1.82) is 0 Å². The Morgan fingerprint density at radius 2 is 0.553 bits per heavy atom. The minimum absolute atomic E-state index is 0. The van der Waals surface area contributed by atoms with Gasteiger partial charge in [0, 0.05) is 105 Å². The lowest BCUT2D eigenvalue weighted by molar-refractivity contribution is -0.119. The standard InChI is InChI=1S/4C8H16N2O.3CH4/c4*1-8(11)7-10-5-3-9(2)4-6-10;;;/h4*3-7H2,1-2H3;3*1H4/i3+1,5+1,8+1,10+1;3+1,5+1,7+1,10+1;7+1,8+1,11+2;7+1,10+1;;;. The summed E-state index contributed by atoms with van der Waals surface area (Å²) >= 11 is 0. The number of piperazine rings is 4. The van der Waals surface area contributed by atoms with Gasteiger partial charge in [0.25, 0.3) is 0 Å². The zero-order valence-electron chi connectivity index (χ0n) is 29.4. The van der Waals surface area contributed by atoms with E-state index in [4.69, 9.17) is 0 Å². The molecule has 0 aromatic rings. The largest absolute Gasteiger partial charge is 0.304 e. The van der Waals surface area contributed by atoms with E-state index >= 15 is 0 Å². The van der Waals surface area contributed by atoms with Crippen molar-refractivity contribution in [1.82, 2.24) is 39.2 Å². The van der Waals surface area contributed by atoms with Gasteiger partial charge in [0.2, 0.25) is 0 Å². The van der Waals surface area contributed by atoms with Crippen molar-refractivity contribution in [3.8, 4) is 0 Å². The molecule has 0 unspecified atom stereocenters. The highest BCUT2D eigenvalue weighted by molar-refractivity contribution is 5.78. The highest BCUT2D eigenvalue weighted by atomic mass is 18.1. The van der Waals surface area contributed by atoms with E-state index in [1.807, 2.05) is 0 Å². The first-order chi connectivity index (χ1) is 20.7. The molecule has 4 saturated heterocycles. The normalized spacial score (nSPS) is 20.6. The summed E-state index contributed by atoms with van der Waals surface area (Å²) < 4.78 is 0. The van der Waals surface area contributed by atoms with Crippen LogP contribution in [0.3, 0.4) is 0 Å². The molecular formula is C35H76N8O4. The Morgan fingerprint density at radius 3 is 0.702 bits per heavy atom. The van der Waals surface area contributed by atoms with Crippen LogP contribution in [0.4, 0.5) is 0 Å². The predicted octanol–water partition coefficient (Wildman–Crippen LogP) is 1.20. The number of carbonyl (C=O) groups is 4. The van der Waals surface area contributed by atoms with Crippen molar-refractivity contribution in [2.45, 2.75) is 50.0 Å². The van der Waals surface area contributed by atoms with Gasteiger partial charge in [-0.05, 0) is 55.9 Å². The van der Waals surface area contributed by atoms with Gasteiger partial charge in [-0.1, -0.05) is 22.3 Å². The smallest absolute Gasteiger partial charge is 0.143 e. The van der Waals surface area contributed by atoms with Crippen molar-refractivity contribution in [3.63, 3.8) is 0 Å². The number of Topliss-reactive ketones (excluding diaryl/α,β-unsaturated/α-hetero) is 4. The average Bonchev–Trinajstić information content (AvgIpc) is 2.94. The maximum Gasteiger partial charge on any atom is 0.143 e. The SMILES string of the molecule is C.C.C.CC(=O)[13CH2][15N]1CCN(C)CC1.CC(=O)[13CH2][15N]1CCN(C)[13CH2][13CH2]1.C[13C](=O)C[15N]1CCN(C)[13CH2][13CH2]1.C[13C](=[18O])[13CH2]N1CCN(C)CC1. The maximum absolute atomic E-state index is 10.7. The van der Waals surface area contributed by atoms with Crippen LogP contribution in [0.2, 0.25) is 0 Å². The van der Waals surface area contributed by atoms with Gasteiger partial charge in [-0.25, -0.2) is 0 Å². The number of carbonyl (C=O) groups excluding carboxylic acids is 4. The molecule has 0 aliphatic carbocycles. The molecule has 0 aromatic heterocycles. The van der Waals surface area contributed by atoms with E-state index in [0.717, 1.165) is 105 Å². The van der Waals surface area contributed by atoms with Gasteiger partial charge in [-0.15, -0.1) is 0 Å². The Balaban J connectivity index is -0.000000538. The zero-order chi connectivity index (χ0) is 33.1. The molecule has 0 atom stereocenters. The molecular weight excluding hydrogens is 610 g/mol. The maximum atomic E-state index is 10.7. The van der Waals surface area contributed by atoms with E-state index < -0.39 is 0 Å². The monoisotopic (exact) mass is 687 g/mol. The van der Waals surface area contributed by atoms with Gasteiger partial charge in [0.05, 0.1) is 26.2 Å². The number of nitrogens with zero attached hydrogens (tertiary/aromatic N) is 8. The Morgan fingerprint density at radius 1 is 0.383 bits per heavy atom. The van der Waals surface area contributed by atoms with Crippen LogP contribution in [0.15, 0.2) is 0 Å². The first-order valence-corrected chi connectivity index (χ1v) is 16.3. The van der Waals surface area contributed by atoms with Crippen LogP contribution in [0.1, 0.15) is 50.0 Å². The lowest BCUT2D eigenvalue weighted by atomic mass is 10.4. The minimum Gasteiger partial charge on any atom is -0.304 e. The number of hydrogen-bond acceptors (Lipinski definition) is 12. The molecule has 12 nitrogen and oxygen atoms in total. The van der Waals surface area contributed by atoms with Crippen LogP contribution in [0.25, 0.3) is 0 Å². The Labute approximate surface area is 290 Å². The lowest BCUT2D eigenvalue weighted by Crippen LogP contribution is -2.45. The molecule has 280 valence electrons. The molecule has 0 bridgehead atoms. The highest BCUT2D eigenvalue weighted by Crippen LogP contribution is 2.00. The molecule has 0 N–H and O–H groups in total. The van der Waals surface area contributed by atoms with E-state index in [2.05, 4.69) is 67.4 Å². The molecule has 12 heteroatoms. The topological polar surface area (TPSA) is 94.2 Å². The summed E-state index contributed by atoms with van der Waals surface area (Å²) in [6, 6.07) is 0. The Hall–Kier alpha value is -1.64. The predicted molar refractivity (Wildman–Crippen MR) is 199 cm³/mol. The van der Waals surface area contributed by atoms with Crippen molar-refractivity contribution in [2.24, 2.45) is 0 Å². The number of ketones is 4. The van der Waals surface area contributed by atoms with Gasteiger partial charge in [0.1, 0.15) is 23.1 Å². The van der Waals surface area contributed by atoms with Gasteiger partial charge in [-0.2, -0.15) is 0 Å². The van der Waals surface area contributed by atoms with E-state index in [1.165, 1.54) is 0 Å². The quantitative estimate of drug-likeness (QED) is 0.209. The zero-order valence-corrected chi connectivity index (χ0v) is 29.4. The van der Waals surface area contributed by atoms with E-state index in [-0.39, 0.29) is 45.4 Å². The van der Waals surface area contributed by atoms with Gasteiger partial charge in [-0.3, -0.25) is 38.8 Å². The fourth-order valence-electron chi connectivity index (χ4n) is 5.28. The molecule has 0 amide bonds. The second-order valence-corrected chi connectivity index (χ2v) is 13.1. The molecule has 0 aromatic carbocycles. The molecule has 4 fully saturated rings. The van der Waals surface area contributed by atoms with E-state index in [9.17, 15) is 19.2 Å². The van der Waals surface area contributed by atoms with Gasteiger partial charge >= 0.3 is 0 Å². The third-order valence-corrected chi connectivity index (χ3v) is 8.17. The number of hydrogen-bond donors (Lipinski definition) is 0. The molecule has 4 aliphatic rings. The average molecular weight is 687 g/mol. The first-order valence-electron chi connectivity index (χ1n) is 16.3. The number of rotatable bonds is 8. The summed E-state index contributed by atoms with van der Waals surface area (Å²) in [6.45, 7) is 26.2. The summed E-state index contributed by atoms with van der Waals surface area (Å²) in [6.07, 6.45) is 0. The second-order valence-electron chi connectivity index (χ2n) is 13.1. The summed E-state index contributed by atoms with van der Waals surface area (Å²) in [7, 11) is 8.46. The Bertz CT molecular complexity index is 693. The van der Waals surface area contributed by atoms with E-state index in [1.54, 1.807) is 27.7 Å². The molecule has 0 radical (unpaired) electrons. The van der Waals surface area contributed by atoms with Crippen LogP contribution in [-0.2, 0) is 19.2 Å². The third kappa shape index (κ3) is 26.9. The minimum atomic E-state index is 0. The summed E-state index contributed by atoms with van der Waals surface area (Å²) in [5.41, 5.74) is 0. The third-order valence-electron chi connectivity index (χ3n) is 8.17. The van der Waals surface area contributed by atoms with Crippen molar-refractivity contribution in [3.05, 3.63) is 0 Å². The van der Waals surface area contributed by atoms with E-state index in [0.29, 0.717) is 26.2 Å². The molecule has 4 rings (SSSR count). The fourth-order valence-corrected chi connectivity index (χ4v) is 5.28. The van der Waals surface area contributed by atoms with Crippen LogP contribution in [0, 0.1) is 0 Å². The molecule has 47 heavy (non-hydrogen) atoms. The molecule has 0 spiro atoms. The molecule has 0 saturated carbocycles. The van der Waals surface area contributed by atoms with Crippen LogP contribution >= 0.6 is 0 Å². The summed E-state index contributed by atoms with van der Waals surface area (Å²) in [5.74, 6) is 1.09.